The average Bonchev–Trinajstić information content (AvgIpc) is 2.39. The van der Waals surface area contributed by atoms with Crippen LogP contribution in [0.5, 0.6) is 17.2 Å². The molecular formula is C15H10NaO5+. The second-order valence-electron chi connectivity index (χ2n) is 4.36. The zero-order chi connectivity index (χ0) is 14.3. The predicted molar refractivity (Wildman–Crippen MR) is 72.9 cm³/mol. The molecule has 0 radical (unpaired) electrons. The van der Waals surface area contributed by atoms with E-state index in [1.54, 1.807) is 12.1 Å². The molecule has 0 saturated heterocycles. The fourth-order valence-electron chi connectivity index (χ4n) is 2.06. The molecule has 2 aromatic carbocycles. The first-order chi connectivity index (χ1) is 9.56. The summed E-state index contributed by atoms with van der Waals surface area (Å²) in [6.07, 6.45) is 1.26. The second-order valence-corrected chi connectivity index (χ2v) is 4.36. The van der Waals surface area contributed by atoms with Crippen LogP contribution in [0.1, 0.15) is 0 Å². The molecule has 1 heterocycles. The zero-order valence-electron chi connectivity index (χ0n) is 11.2. The van der Waals surface area contributed by atoms with Gasteiger partial charge in [-0.2, -0.15) is 0 Å². The van der Waals surface area contributed by atoms with E-state index >= 15 is 0 Å². The molecule has 0 aliphatic heterocycles. The third-order valence-corrected chi connectivity index (χ3v) is 3.02. The normalized spacial score (nSPS) is 10.3. The van der Waals surface area contributed by atoms with Crippen molar-refractivity contribution < 1.29 is 49.3 Å². The molecule has 6 heteroatoms. The number of rotatable bonds is 1. The molecule has 1 aromatic heterocycles. The molecule has 5 nitrogen and oxygen atoms in total. The molecule has 0 atom stereocenters. The van der Waals surface area contributed by atoms with E-state index in [0.717, 1.165) is 6.07 Å². The van der Waals surface area contributed by atoms with Crippen LogP contribution in [0.2, 0.25) is 0 Å². The number of fused-ring (bicyclic) bond motifs is 1. The maximum atomic E-state index is 12.4. The standard InChI is InChI=1S/C15H10O5.Na/c16-9-3-1-8(2-4-9)11-7-20-13-6-10(17)5-12(18)14(13)15(11)19;/h1-7,16-18H;/q;+1. The molecule has 3 aromatic rings. The van der Waals surface area contributed by atoms with Crippen LogP contribution in [0.4, 0.5) is 0 Å². The molecule has 0 saturated carbocycles. The zero-order valence-corrected chi connectivity index (χ0v) is 13.2. The number of benzene rings is 2. The van der Waals surface area contributed by atoms with Gasteiger partial charge in [-0.25, -0.2) is 0 Å². The van der Waals surface area contributed by atoms with Gasteiger partial charge < -0.3 is 19.7 Å². The SMILES string of the molecule is O=c1c(-c2ccc(O)cc2)coc2cc(O)cc(O)c12.[Na+]. The van der Waals surface area contributed by atoms with Gasteiger partial charge in [-0.3, -0.25) is 4.79 Å². The first-order valence-corrected chi connectivity index (χ1v) is 5.83. The van der Waals surface area contributed by atoms with E-state index in [0.29, 0.717) is 5.56 Å². The van der Waals surface area contributed by atoms with Crippen molar-refractivity contribution in [2.45, 2.75) is 0 Å². The van der Waals surface area contributed by atoms with Crippen molar-refractivity contribution in [3.8, 4) is 28.4 Å². The molecular weight excluding hydrogens is 283 g/mol. The van der Waals surface area contributed by atoms with Crippen LogP contribution in [0.3, 0.4) is 0 Å². The van der Waals surface area contributed by atoms with Crippen molar-refractivity contribution >= 4 is 11.0 Å². The van der Waals surface area contributed by atoms with Gasteiger partial charge in [0.2, 0.25) is 5.43 Å². The van der Waals surface area contributed by atoms with Crippen molar-refractivity contribution in [1.82, 2.24) is 0 Å². The van der Waals surface area contributed by atoms with E-state index in [4.69, 9.17) is 4.42 Å². The van der Waals surface area contributed by atoms with Gasteiger partial charge in [0.1, 0.15) is 34.5 Å². The van der Waals surface area contributed by atoms with Gasteiger partial charge in [0.15, 0.2) is 0 Å². The summed E-state index contributed by atoms with van der Waals surface area (Å²) in [7, 11) is 0. The van der Waals surface area contributed by atoms with Crippen LogP contribution in [-0.2, 0) is 0 Å². The largest absolute Gasteiger partial charge is 1.00 e. The van der Waals surface area contributed by atoms with Crippen molar-refractivity contribution in [2.75, 3.05) is 0 Å². The molecule has 3 rings (SSSR count). The third-order valence-electron chi connectivity index (χ3n) is 3.02. The number of aromatic hydroxyl groups is 3. The molecule has 0 bridgehead atoms. The number of phenolic OH excluding ortho intramolecular Hbond substituents is 3. The van der Waals surface area contributed by atoms with Gasteiger partial charge in [-0.05, 0) is 17.7 Å². The Morgan fingerprint density at radius 1 is 0.905 bits per heavy atom. The monoisotopic (exact) mass is 293 g/mol. The second kappa shape index (κ2) is 5.81. The molecule has 0 unspecified atom stereocenters. The van der Waals surface area contributed by atoms with E-state index in [2.05, 4.69) is 0 Å². The van der Waals surface area contributed by atoms with Crippen molar-refractivity contribution in [1.29, 1.82) is 0 Å². The number of hydrogen-bond donors (Lipinski definition) is 3. The molecule has 100 valence electrons. The van der Waals surface area contributed by atoms with Crippen molar-refractivity contribution in [3.05, 3.63) is 52.9 Å². The topological polar surface area (TPSA) is 90.9 Å². The van der Waals surface area contributed by atoms with Crippen LogP contribution < -0.4 is 35.0 Å². The maximum absolute atomic E-state index is 12.4. The van der Waals surface area contributed by atoms with Crippen LogP contribution in [0.15, 0.2) is 51.9 Å². The predicted octanol–water partition coefficient (Wildman–Crippen LogP) is -0.419. The molecule has 0 fully saturated rings. The van der Waals surface area contributed by atoms with Crippen LogP contribution >= 0.6 is 0 Å². The Morgan fingerprint density at radius 3 is 2.24 bits per heavy atom. The summed E-state index contributed by atoms with van der Waals surface area (Å²) in [5, 5.41) is 28.4. The first-order valence-electron chi connectivity index (χ1n) is 5.83. The van der Waals surface area contributed by atoms with Gasteiger partial charge in [0.25, 0.3) is 0 Å². The van der Waals surface area contributed by atoms with Gasteiger partial charge in [-0.1, -0.05) is 12.1 Å². The molecule has 3 N–H and O–H groups in total. The summed E-state index contributed by atoms with van der Waals surface area (Å²) in [6, 6.07) is 8.40. The van der Waals surface area contributed by atoms with Crippen molar-refractivity contribution in [2.24, 2.45) is 0 Å². The summed E-state index contributed by atoms with van der Waals surface area (Å²) in [5.74, 6) is -0.434. The Bertz CT molecular complexity index is 852. The minimum atomic E-state index is -0.408. The number of hydrogen-bond acceptors (Lipinski definition) is 5. The van der Waals surface area contributed by atoms with Crippen LogP contribution in [0.25, 0.3) is 22.1 Å². The summed E-state index contributed by atoms with van der Waals surface area (Å²) in [6.45, 7) is 0. The van der Waals surface area contributed by atoms with Gasteiger partial charge in [-0.15, -0.1) is 0 Å². The molecule has 0 spiro atoms. The van der Waals surface area contributed by atoms with Gasteiger partial charge in [0, 0.05) is 12.1 Å². The van der Waals surface area contributed by atoms with Crippen LogP contribution in [0, 0.1) is 0 Å². The minimum absolute atomic E-state index is 0. The Balaban J connectivity index is 0.00000161. The van der Waals surface area contributed by atoms with E-state index < -0.39 is 5.43 Å². The fraction of sp³-hybridized carbons (Fsp3) is 0. The van der Waals surface area contributed by atoms with E-state index in [1.807, 2.05) is 0 Å². The van der Waals surface area contributed by atoms with E-state index in [1.165, 1.54) is 24.5 Å². The molecule has 0 aliphatic rings. The fourth-order valence-corrected chi connectivity index (χ4v) is 2.06. The Morgan fingerprint density at radius 2 is 1.57 bits per heavy atom. The quantitative estimate of drug-likeness (QED) is 0.530. The van der Waals surface area contributed by atoms with E-state index in [-0.39, 0.29) is 63.3 Å². The van der Waals surface area contributed by atoms with Gasteiger partial charge in [0.05, 0.1) is 5.56 Å². The maximum Gasteiger partial charge on any atom is 1.00 e. The van der Waals surface area contributed by atoms with E-state index in [9.17, 15) is 20.1 Å². The minimum Gasteiger partial charge on any atom is -0.508 e. The molecule has 21 heavy (non-hydrogen) atoms. The van der Waals surface area contributed by atoms with Crippen LogP contribution in [-0.4, -0.2) is 15.3 Å². The third kappa shape index (κ3) is 2.76. The Labute approximate surface area is 141 Å². The Kier molecular flexibility index (Phi) is 4.27. The summed E-state index contributed by atoms with van der Waals surface area (Å²) in [5.41, 5.74) is 0.522. The average molecular weight is 293 g/mol. The first kappa shape index (κ1) is 15.4. The van der Waals surface area contributed by atoms with Gasteiger partial charge >= 0.3 is 29.6 Å². The summed E-state index contributed by atoms with van der Waals surface area (Å²) < 4.78 is 5.29. The van der Waals surface area contributed by atoms with Crippen molar-refractivity contribution in [3.63, 3.8) is 0 Å². The molecule has 0 amide bonds. The Hall–Kier alpha value is -1.95. The summed E-state index contributed by atoms with van der Waals surface area (Å²) >= 11 is 0. The summed E-state index contributed by atoms with van der Waals surface area (Å²) in [4.78, 5) is 12.4. The molecule has 0 aliphatic carbocycles. The number of phenols is 3. The smallest absolute Gasteiger partial charge is 0.508 e.